The summed E-state index contributed by atoms with van der Waals surface area (Å²) in [5, 5.41) is 11.7. The first-order valence-corrected chi connectivity index (χ1v) is 12.8. The van der Waals surface area contributed by atoms with Crippen LogP contribution in [0.4, 0.5) is 11.6 Å². The van der Waals surface area contributed by atoms with Crippen molar-refractivity contribution in [2.75, 3.05) is 23.8 Å². The van der Waals surface area contributed by atoms with Crippen molar-refractivity contribution in [2.24, 2.45) is 0 Å². The lowest BCUT2D eigenvalue weighted by molar-refractivity contribution is -0.113. The van der Waals surface area contributed by atoms with Crippen LogP contribution in [0.15, 0.2) is 78.0 Å². The molecule has 1 aromatic heterocycles. The maximum absolute atomic E-state index is 13.8. The number of carbonyl (C=O) groups is 1. The van der Waals surface area contributed by atoms with Gasteiger partial charge in [0, 0.05) is 28.4 Å². The molecule has 192 valence electrons. The first-order chi connectivity index (χ1) is 18.5. The summed E-state index contributed by atoms with van der Waals surface area (Å²) >= 11 is 6.32. The van der Waals surface area contributed by atoms with Gasteiger partial charge in [0.25, 0.3) is 5.91 Å². The number of anilines is 2. The van der Waals surface area contributed by atoms with Gasteiger partial charge in [-0.1, -0.05) is 54.1 Å². The van der Waals surface area contributed by atoms with Gasteiger partial charge in [-0.25, -0.2) is 4.68 Å². The van der Waals surface area contributed by atoms with Crippen molar-refractivity contribution in [1.82, 2.24) is 14.8 Å². The molecule has 2 aliphatic rings. The van der Waals surface area contributed by atoms with Crippen LogP contribution in [0.1, 0.15) is 30.5 Å². The molecule has 1 amide bonds. The summed E-state index contributed by atoms with van der Waals surface area (Å²) in [6.07, 6.45) is 0.802. The number of nitrogens with one attached hydrogen (secondary N) is 2. The average molecular weight is 528 g/mol. The standard InChI is InChI=1S/C29H26ClN5O3/c1-17-9-11-21(16-22(17)30)32-28(36)25-18(2)31-29-33-27(19-7-4-3-5-8-19)34-35(29)26(25)20-10-12-23-24(15-20)38-14-6-13-37-23/h3-5,7-12,15-16,26H,6,13-14H2,1-2H3,(H,32,36)(H,31,33,34). The summed E-state index contributed by atoms with van der Waals surface area (Å²) < 4.78 is 13.6. The Morgan fingerprint density at radius 1 is 1.03 bits per heavy atom. The van der Waals surface area contributed by atoms with Crippen LogP contribution < -0.4 is 20.1 Å². The van der Waals surface area contributed by atoms with Crippen molar-refractivity contribution in [2.45, 2.75) is 26.3 Å². The maximum atomic E-state index is 13.8. The van der Waals surface area contributed by atoms with E-state index in [1.165, 1.54) is 0 Å². The molecule has 3 aromatic carbocycles. The highest BCUT2D eigenvalue weighted by molar-refractivity contribution is 6.31. The number of ether oxygens (including phenoxy) is 2. The van der Waals surface area contributed by atoms with Crippen LogP contribution in [0.25, 0.3) is 11.4 Å². The molecule has 6 rings (SSSR count). The quantitative estimate of drug-likeness (QED) is 0.338. The Labute approximate surface area is 225 Å². The Morgan fingerprint density at radius 3 is 2.61 bits per heavy atom. The fourth-order valence-electron chi connectivity index (χ4n) is 4.68. The Hall–Kier alpha value is -4.30. The number of nitrogens with zero attached hydrogens (tertiary/aromatic N) is 3. The first kappa shape index (κ1) is 24.1. The largest absolute Gasteiger partial charge is 0.490 e. The van der Waals surface area contributed by atoms with Gasteiger partial charge in [0.05, 0.1) is 18.8 Å². The van der Waals surface area contributed by atoms with E-state index in [2.05, 4.69) is 10.6 Å². The van der Waals surface area contributed by atoms with Crippen molar-refractivity contribution in [3.8, 4) is 22.9 Å². The predicted molar refractivity (Wildman–Crippen MR) is 147 cm³/mol. The molecule has 2 aliphatic heterocycles. The van der Waals surface area contributed by atoms with E-state index in [1.807, 2.05) is 74.5 Å². The average Bonchev–Trinajstić information content (AvgIpc) is 3.19. The summed E-state index contributed by atoms with van der Waals surface area (Å²) in [5.74, 6) is 2.17. The number of hydrogen-bond donors (Lipinski definition) is 2. The Bertz CT molecular complexity index is 1560. The molecule has 0 aliphatic carbocycles. The number of benzene rings is 3. The third-order valence-electron chi connectivity index (χ3n) is 6.65. The zero-order valence-electron chi connectivity index (χ0n) is 21.0. The topological polar surface area (TPSA) is 90.3 Å². The first-order valence-electron chi connectivity index (χ1n) is 12.4. The summed E-state index contributed by atoms with van der Waals surface area (Å²) in [6.45, 7) is 4.95. The van der Waals surface area contributed by atoms with Gasteiger partial charge in [0.1, 0.15) is 6.04 Å². The number of hydrogen-bond acceptors (Lipinski definition) is 6. The van der Waals surface area contributed by atoms with E-state index in [0.29, 0.717) is 58.5 Å². The van der Waals surface area contributed by atoms with Gasteiger partial charge < -0.3 is 20.1 Å². The Balaban J connectivity index is 1.45. The molecule has 2 N–H and O–H groups in total. The van der Waals surface area contributed by atoms with Crippen molar-refractivity contribution in [3.63, 3.8) is 0 Å². The van der Waals surface area contributed by atoms with E-state index in [1.54, 1.807) is 10.7 Å². The molecule has 0 spiro atoms. The molecular formula is C29H26ClN5O3. The molecule has 0 saturated heterocycles. The highest BCUT2D eigenvalue weighted by Crippen LogP contribution is 2.40. The number of aryl methyl sites for hydroxylation is 1. The highest BCUT2D eigenvalue weighted by Gasteiger charge is 2.35. The lowest BCUT2D eigenvalue weighted by atomic mass is 9.94. The van der Waals surface area contributed by atoms with Gasteiger partial charge in [-0.3, -0.25) is 4.79 Å². The van der Waals surface area contributed by atoms with Crippen molar-refractivity contribution in [1.29, 1.82) is 0 Å². The van der Waals surface area contributed by atoms with Crippen LogP contribution in [0.3, 0.4) is 0 Å². The number of carbonyl (C=O) groups excluding carboxylic acids is 1. The number of aromatic nitrogens is 3. The molecular weight excluding hydrogens is 502 g/mol. The number of amides is 1. The van der Waals surface area contributed by atoms with Gasteiger partial charge >= 0.3 is 0 Å². The van der Waals surface area contributed by atoms with Gasteiger partial charge in [0.15, 0.2) is 17.3 Å². The third kappa shape index (κ3) is 4.48. The van der Waals surface area contributed by atoms with Crippen molar-refractivity contribution in [3.05, 3.63) is 94.1 Å². The van der Waals surface area contributed by atoms with E-state index in [4.69, 9.17) is 31.2 Å². The molecule has 0 saturated carbocycles. The van der Waals surface area contributed by atoms with Crippen LogP contribution in [0.2, 0.25) is 5.02 Å². The minimum absolute atomic E-state index is 0.269. The van der Waals surface area contributed by atoms with Crippen LogP contribution in [0.5, 0.6) is 11.5 Å². The van der Waals surface area contributed by atoms with E-state index in [0.717, 1.165) is 23.1 Å². The molecule has 1 unspecified atom stereocenters. The maximum Gasteiger partial charge on any atom is 0.255 e. The highest BCUT2D eigenvalue weighted by atomic mass is 35.5. The predicted octanol–water partition coefficient (Wildman–Crippen LogP) is 6.00. The summed E-state index contributed by atoms with van der Waals surface area (Å²) in [5.41, 5.74) is 4.44. The summed E-state index contributed by atoms with van der Waals surface area (Å²) in [6, 6.07) is 20.4. The number of fused-ring (bicyclic) bond motifs is 2. The van der Waals surface area contributed by atoms with Gasteiger partial charge in [-0.15, -0.1) is 5.10 Å². The molecule has 0 bridgehead atoms. The second-order valence-corrected chi connectivity index (χ2v) is 9.72. The fraction of sp³-hybridized carbons (Fsp3) is 0.207. The lowest BCUT2D eigenvalue weighted by Gasteiger charge is -2.29. The molecule has 4 aromatic rings. The summed E-state index contributed by atoms with van der Waals surface area (Å²) in [4.78, 5) is 18.6. The lowest BCUT2D eigenvalue weighted by Crippen LogP contribution is -2.31. The molecule has 3 heterocycles. The molecule has 9 heteroatoms. The monoisotopic (exact) mass is 527 g/mol. The number of halogens is 1. The van der Waals surface area contributed by atoms with E-state index < -0.39 is 6.04 Å². The summed E-state index contributed by atoms with van der Waals surface area (Å²) in [7, 11) is 0. The second-order valence-electron chi connectivity index (χ2n) is 9.31. The van der Waals surface area contributed by atoms with Crippen molar-refractivity contribution < 1.29 is 14.3 Å². The number of rotatable bonds is 4. The number of allylic oxidation sites excluding steroid dienone is 1. The molecule has 0 radical (unpaired) electrons. The van der Waals surface area contributed by atoms with Crippen molar-refractivity contribution >= 4 is 29.1 Å². The van der Waals surface area contributed by atoms with E-state index in [-0.39, 0.29) is 5.91 Å². The Kier molecular flexibility index (Phi) is 6.25. The molecule has 1 atom stereocenters. The van der Waals surface area contributed by atoms with E-state index in [9.17, 15) is 4.79 Å². The SMILES string of the molecule is CC1=C(C(=O)Nc2ccc(C)c(Cl)c2)C(c2ccc3c(c2)OCCCO3)n2nc(-c3ccccc3)nc2N1. The molecule has 8 nitrogen and oxygen atoms in total. The molecule has 38 heavy (non-hydrogen) atoms. The van der Waals surface area contributed by atoms with Gasteiger partial charge in [-0.05, 0) is 49.2 Å². The minimum atomic E-state index is -0.561. The van der Waals surface area contributed by atoms with Crippen LogP contribution >= 0.6 is 11.6 Å². The van der Waals surface area contributed by atoms with Crippen LogP contribution in [-0.2, 0) is 4.79 Å². The minimum Gasteiger partial charge on any atom is -0.490 e. The van der Waals surface area contributed by atoms with Crippen LogP contribution in [0, 0.1) is 6.92 Å². The smallest absolute Gasteiger partial charge is 0.255 e. The zero-order chi connectivity index (χ0) is 26.2. The molecule has 0 fully saturated rings. The third-order valence-corrected chi connectivity index (χ3v) is 7.05. The van der Waals surface area contributed by atoms with E-state index >= 15 is 0 Å². The van der Waals surface area contributed by atoms with Gasteiger partial charge in [-0.2, -0.15) is 4.98 Å². The van der Waals surface area contributed by atoms with Crippen LogP contribution in [-0.4, -0.2) is 33.9 Å². The zero-order valence-corrected chi connectivity index (χ0v) is 21.7. The fourth-order valence-corrected chi connectivity index (χ4v) is 4.86. The Morgan fingerprint density at radius 2 is 1.82 bits per heavy atom. The normalized spacial score (nSPS) is 16.3. The second kappa shape index (κ2) is 9.87. The van der Waals surface area contributed by atoms with Gasteiger partial charge in [0.2, 0.25) is 5.95 Å².